The van der Waals surface area contributed by atoms with E-state index in [2.05, 4.69) is 78.6 Å². The molecule has 5 rings (SSSR count). The number of rotatable bonds is 8. The highest BCUT2D eigenvalue weighted by atomic mass is 16.5. The second-order valence-corrected chi connectivity index (χ2v) is 9.92. The monoisotopic (exact) mass is 494 g/mol. The van der Waals surface area contributed by atoms with Crippen molar-refractivity contribution in [1.82, 2.24) is 9.80 Å². The first-order valence-corrected chi connectivity index (χ1v) is 12.9. The predicted octanol–water partition coefficient (Wildman–Crippen LogP) is 6.16. The second kappa shape index (κ2) is 11.1. The molecule has 37 heavy (non-hydrogen) atoms. The van der Waals surface area contributed by atoms with Crippen LogP contribution in [0.4, 0.5) is 0 Å². The van der Waals surface area contributed by atoms with Crippen LogP contribution in [0.2, 0.25) is 0 Å². The van der Waals surface area contributed by atoms with E-state index < -0.39 is 6.10 Å². The molecule has 1 aliphatic heterocycles. The number of nitrogens with zero attached hydrogens (tertiary/aromatic N) is 2. The molecule has 190 valence electrons. The zero-order chi connectivity index (χ0) is 25.8. The van der Waals surface area contributed by atoms with E-state index in [-0.39, 0.29) is 11.9 Å². The maximum absolute atomic E-state index is 13.0. The number of amides is 1. The smallest absolute Gasteiger partial charge is 0.263 e. The highest BCUT2D eigenvalue weighted by molar-refractivity contribution is 5.80. The second-order valence-electron chi connectivity index (χ2n) is 9.92. The number of furan rings is 1. The SMILES string of the molecule is Cc1cccc(CN2CCc3ccc(O[C@H](C)C(=O)N(C)Cc4ccco4)cc3[C@@H]2c2ccccc2)c1. The summed E-state index contributed by atoms with van der Waals surface area (Å²) in [5.41, 5.74) is 6.42. The molecule has 0 unspecified atom stereocenters. The fraction of sp³-hybridized carbons (Fsp3) is 0.281. The predicted molar refractivity (Wildman–Crippen MR) is 145 cm³/mol. The summed E-state index contributed by atoms with van der Waals surface area (Å²) in [4.78, 5) is 17.2. The van der Waals surface area contributed by atoms with Gasteiger partial charge in [0.15, 0.2) is 6.10 Å². The van der Waals surface area contributed by atoms with Gasteiger partial charge in [-0.05, 0) is 66.8 Å². The number of benzene rings is 3. The van der Waals surface area contributed by atoms with E-state index in [1.165, 1.54) is 27.8 Å². The average molecular weight is 495 g/mol. The molecule has 1 aliphatic rings. The molecule has 0 fully saturated rings. The van der Waals surface area contributed by atoms with Crippen LogP contribution in [-0.4, -0.2) is 35.4 Å². The number of hydrogen-bond acceptors (Lipinski definition) is 4. The molecule has 0 saturated heterocycles. The van der Waals surface area contributed by atoms with E-state index in [1.54, 1.807) is 25.1 Å². The lowest BCUT2D eigenvalue weighted by Crippen LogP contribution is -2.38. The fourth-order valence-corrected chi connectivity index (χ4v) is 5.24. The maximum Gasteiger partial charge on any atom is 0.263 e. The van der Waals surface area contributed by atoms with Gasteiger partial charge in [-0.3, -0.25) is 9.69 Å². The number of aryl methyl sites for hydroxylation is 1. The lowest BCUT2D eigenvalue weighted by molar-refractivity contribution is -0.137. The van der Waals surface area contributed by atoms with Crippen molar-refractivity contribution in [2.24, 2.45) is 0 Å². The zero-order valence-corrected chi connectivity index (χ0v) is 21.8. The van der Waals surface area contributed by atoms with Crippen molar-refractivity contribution in [3.63, 3.8) is 0 Å². The van der Waals surface area contributed by atoms with Crippen LogP contribution in [0.1, 0.15) is 46.5 Å². The first-order chi connectivity index (χ1) is 18.0. The third-order valence-electron chi connectivity index (χ3n) is 7.04. The van der Waals surface area contributed by atoms with E-state index in [1.807, 2.05) is 18.2 Å². The number of likely N-dealkylation sites (N-methyl/N-ethyl adjacent to an activating group) is 1. The largest absolute Gasteiger partial charge is 0.481 e. The molecule has 4 aromatic rings. The summed E-state index contributed by atoms with van der Waals surface area (Å²) in [6.45, 7) is 6.21. The molecule has 2 heterocycles. The highest BCUT2D eigenvalue weighted by Crippen LogP contribution is 2.38. The van der Waals surface area contributed by atoms with Crippen LogP contribution in [0, 0.1) is 6.92 Å². The van der Waals surface area contributed by atoms with Crippen LogP contribution in [0.15, 0.2) is 95.6 Å². The first-order valence-electron chi connectivity index (χ1n) is 12.9. The Kier molecular flexibility index (Phi) is 7.42. The van der Waals surface area contributed by atoms with Gasteiger partial charge in [-0.15, -0.1) is 0 Å². The number of fused-ring (bicyclic) bond motifs is 1. The number of carbonyl (C=O) groups excluding carboxylic acids is 1. The van der Waals surface area contributed by atoms with E-state index >= 15 is 0 Å². The highest BCUT2D eigenvalue weighted by Gasteiger charge is 2.30. The topological polar surface area (TPSA) is 45.9 Å². The van der Waals surface area contributed by atoms with Gasteiger partial charge >= 0.3 is 0 Å². The molecule has 0 bridgehead atoms. The van der Waals surface area contributed by atoms with Gasteiger partial charge < -0.3 is 14.1 Å². The third-order valence-corrected chi connectivity index (χ3v) is 7.04. The van der Waals surface area contributed by atoms with Crippen LogP contribution >= 0.6 is 0 Å². The van der Waals surface area contributed by atoms with E-state index in [0.29, 0.717) is 12.3 Å². The van der Waals surface area contributed by atoms with Crippen molar-refractivity contribution in [1.29, 1.82) is 0 Å². The van der Waals surface area contributed by atoms with Gasteiger partial charge in [-0.1, -0.05) is 66.2 Å². The van der Waals surface area contributed by atoms with Crippen LogP contribution < -0.4 is 4.74 Å². The summed E-state index contributed by atoms with van der Waals surface area (Å²) < 4.78 is 11.6. The Labute approximate surface area is 219 Å². The van der Waals surface area contributed by atoms with Gasteiger partial charge in [0.2, 0.25) is 0 Å². The van der Waals surface area contributed by atoms with Gasteiger partial charge in [-0.25, -0.2) is 0 Å². The Morgan fingerprint density at radius 2 is 1.89 bits per heavy atom. The summed E-state index contributed by atoms with van der Waals surface area (Å²) in [6.07, 6.45) is 1.98. The molecular weight excluding hydrogens is 460 g/mol. The average Bonchev–Trinajstić information content (AvgIpc) is 3.41. The molecule has 0 spiro atoms. The minimum Gasteiger partial charge on any atom is -0.481 e. The summed E-state index contributed by atoms with van der Waals surface area (Å²) in [5, 5.41) is 0. The van der Waals surface area contributed by atoms with Gasteiger partial charge in [0.05, 0.1) is 18.8 Å². The van der Waals surface area contributed by atoms with Crippen molar-refractivity contribution < 1.29 is 13.9 Å². The minimum absolute atomic E-state index is 0.0881. The summed E-state index contributed by atoms with van der Waals surface area (Å²) in [6, 6.07) is 29.5. The fourth-order valence-electron chi connectivity index (χ4n) is 5.24. The summed E-state index contributed by atoms with van der Waals surface area (Å²) in [5.74, 6) is 1.37. The van der Waals surface area contributed by atoms with Crippen molar-refractivity contribution >= 4 is 5.91 Å². The maximum atomic E-state index is 13.0. The standard InChI is InChI=1S/C32H34N2O3/c1-23-9-7-10-25(19-23)21-34-17-16-26-14-15-28(20-30(26)31(34)27-11-5-4-6-12-27)37-24(2)32(35)33(3)22-29-13-8-18-36-29/h4-15,18-20,24,31H,16-17,21-22H2,1-3H3/t24-,31+/m1/s1. The third kappa shape index (κ3) is 5.78. The molecule has 0 saturated carbocycles. The molecule has 1 aromatic heterocycles. The lowest BCUT2D eigenvalue weighted by atomic mass is 9.87. The van der Waals surface area contributed by atoms with Gasteiger partial charge in [0.1, 0.15) is 11.5 Å². The van der Waals surface area contributed by atoms with E-state index in [4.69, 9.17) is 9.15 Å². The lowest BCUT2D eigenvalue weighted by Gasteiger charge is -2.38. The molecule has 1 amide bonds. The number of carbonyl (C=O) groups is 1. The number of hydrogen-bond donors (Lipinski definition) is 0. The van der Waals surface area contributed by atoms with Gasteiger partial charge in [-0.2, -0.15) is 0 Å². The zero-order valence-electron chi connectivity index (χ0n) is 21.8. The van der Waals surface area contributed by atoms with Crippen molar-refractivity contribution in [3.05, 3.63) is 125 Å². The summed E-state index contributed by atoms with van der Waals surface area (Å²) in [7, 11) is 1.77. The van der Waals surface area contributed by atoms with Crippen LogP contribution in [0.25, 0.3) is 0 Å². The molecule has 2 atom stereocenters. The van der Waals surface area contributed by atoms with Crippen molar-refractivity contribution in [3.8, 4) is 5.75 Å². The van der Waals surface area contributed by atoms with E-state index in [9.17, 15) is 4.79 Å². The van der Waals surface area contributed by atoms with Crippen LogP contribution in [-0.2, 0) is 24.3 Å². The Balaban J connectivity index is 1.39. The Morgan fingerprint density at radius 3 is 2.65 bits per heavy atom. The Morgan fingerprint density at radius 1 is 1.05 bits per heavy atom. The quantitative estimate of drug-likeness (QED) is 0.294. The first kappa shape index (κ1) is 24.8. The molecule has 0 N–H and O–H groups in total. The van der Waals surface area contributed by atoms with Crippen LogP contribution in [0.3, 0.4) is 0 Å². The Hall–Kier alpha value is -3.83. The van der Waals surface area contributed by atoms with Crippen LogP contribution in [0.5, 0.6) is 5.75 Å². The number of ether oxygens (including phenoxy) is 1. The van der Waals surface area contributed by atoms with Crippen molar-refractivity contribution in [2.45, 2.75) is 45.5 Å². The normalized spacial score (nSPS) is 16.1. The van der Waals surface area contributed by atoms with Gasteiger partial charge in [0.25, 0.3) is 5.91 Å². The van der Waals surface area contributed by atoms with Crippen molar-refractivity contribution in [2.75, 3.05) is 13.6 Å². The molecular formula is C32H34N2O3. The molecule has 0 radical (unpaired) electrons. The molecule has 5 nitrogen and oxygen atoms in total. The van der Waals surface area contributed by atoms with Gasteiger partial charge in [0, 0.05) is 20.1 Å². The molecule has 5 heteroatoms. The van der Waals surface area contributed by atoms with E-state index in [0.717, 1.165) is 25.3 Å². The Bertz CT molecular complexity index is 1330. The molecule has 0 aliphatic carbocycles. The minimum atomic E-state index is -0.611. The summed E-state index contributed by atoms with van der Waals surface area (Å²) >= 11 is 0. The molecule has 3 aromatic carbocycles.